The molecule has 1 fully saturated rings. The van der Waals surface area contributed by atoms with E-state index in [4.69, 9.17) is 4.98 Å². The number of nitriles is 1. The summed E-state index contributed by atoms with van der Waals surface area (Å²) in [6.07, 6.45) is 5.00. The molecule has 1 aromatic carbocycles. The highest BCUT2D eigenvalue weighted by Crippen LogP contribution is 2.38. The molecular formula is C23H22N2OS2. The van der Waals surface area contributed by atoms with Gasteiger partial charge in [0.1, 0.15) is 11.1 Å². The first-order valence-electron chi connectivity index (χ1n) is 9.58. The molecule has 3 nitrogen and oxygen atoms in total. The first kappa shape index (κ1) is 19.2. The monoisotopic (exact) mass is 406 g/mol. The number of hydrogen-bond acceptors (Lipinski definition) is 5. The summed E-state index contributed by atoms with van der Waals surface area (Å²) in [4.78, 5) is 5.91. The van der Waals surface area contributed by atoms with Crippen LogP contribution in [-0.2, 0) is 0 Å². The van der Waals surface area contributed by atoms with Gasteiger partial charge in [-0.25, -0.2) is 4.98 Å². The normalized spacial score (nSPS) is 15.9. The summed E-state index contributed by atoms with van der Waals surface area (Å²) >= 11 is 3.16. The molecule has 1 aliphatic rings. The van der Waals surface area contributed by atoms with Crippen LogP contribution in [0.3, 0.4) is 0 Å². The molecule has 5 heteroatoms. The molecule has 0 atom stereocenters. The van der Waals surface area contributed by atoms with E-state index in [0.29, 0.717) is 16.3 Å². The fourth-order valence-corrected chi connectivity index (χ4v) is 5.53. The third kappa shape index (κ3) is 4.15. The summed E-state index contributed by atoms with van der Waals surface area (Å²) in [6, 6.07) is 18.5. The zero-order chi connectivity index (χ0) is 19.4. The van der Waals surface area contributed by atoms with Crippen LogP contribution in [0.25, 0.3) is 21.7 Å². The zero-order valence-corrected chi connectivity index (χ0v) is 17.2. The topological polar surface area (TPSA) is 56.9 Å². The van der Waals surface area contributed by atoms with Gasteiger partial charge in [0, 0.05) is 11.3 Å². The van der Waals surface area contributed by atoms with Crippen molar-refractivity contribution in [2.24, 2.45) is 0 Å². The predicted octanol–water partition coefficient (Wildman–Crippen LogP) is 6.14. The maximum atomic E-state index is 10.9. The van der Waals surface area contributed by atoms with Crippen LogP contribution in [0.2, 0.25) is 0 Å². The number of nitrogens with zero attached hydrogens (tertiary/aromatic N) is 2. The van der Waals surface area contributed by atoms with Crippen molar-refractivity contribution in [3.63, 3.8) is 0 Å². The van der Waals surface area contributed by atoms with Crippen LogP contribution in [-0.4, -0.2) is 21.4 Å². The van der Waals surface area contributed by atoms with Crippen molar-refractivity contribution in [1.29, 1.82) is 5.26 Å². The van der Waals surface area contributed by atoms with Gasteiger partial charge in [0.25, 0.3) is 0 Å². The first-order chi connectivity index (χ1) is 13.7. The summed E-state index contributed by atoms with van der Waals surface area (Å²) in [5.41, 5.74) is 2.74. The lowest BCUT2D eigenvalue weighted by molar-refractivity contribution is 0.0272. The second-order valence-electron chi connectivity index (χ2n) is 7.26. The zero-order valence-electron chi connectivity index (χ0n) is 15.6. The van der Waals surface area contributed by atoms with Gasteiger partial charge >= 0.3 is 0 Å². The molecule has 2 heterocycles. The molecule has 4 rings (SSSR count). The Kier molecular flexibility index (Phi) is 5.82. The van der Waals surface area contributed by atoms with Gasteiger partial charge in [-0.05, 0) is 35.9 Å². The molecule has 0 bridgehead atoms. The maximum absolute atomic E-state index is 10.9. The molecule has 2 aromatic heterocycles. The Labute approximate surface area is 174 Å². The van der Waals surface area contributed by atoms with Gasteiger partial charge in [-0.1, -0.05) is 55.7 Å². The van der Waals surface area contributed by atoms with Gasteiger partial charge in [-0.15, -0.1) is 23.1 Å². The third-order valence-electron chi connectivity index (χ3n) is 5.22. The summed E-state index contributed by atoms with van der Waals surface area (Å²) in [5.74, 6) is 0.580. The average Bonchev–Trinajstić information content (AvgIpc) is 3.28. The van der Waals surface area contributed by atoms with Crippen LogP contribution in [0.5, 0.6) is 0 Å². The van der Waals surface area contributed by atoms with Gasteiger partial charge in [0.05, 0.1) is 21.7 Å². The van der Waals surface area contributed by atoms with Crippen LogP contribution >= 0.6 is 23.1 Å². The molecule has 1 aliphatic carbocycles. The van der Waals surface area contributed by atoms with Crippen molar-refractivity contribution in [1.82, 2.24) is 4.98 Å². The van der Waals surface area contributed by atoms with Crippen LogP contribution in [0.4, 0.5) is 0 Å². The number of benzene rings is 1. The number of rotatable bonds is 5. The predicted molar refractivity (Wildman–Crippen MR) is 116 cm³/mol. The van der Waals surface area contributed by atoms with Crippen LogP contribution in [0, 0.1) is 11.3 Å². The van der Waals surface area contributed by atoms with E-state index >= 15 is 0 Å². The lowest BCUT2D eigenvalue weighted by atomic mass is 9.86. The molecule has 0 amide bonds. The van der Waals surface area contributed by atoms with E-state index in [1.807, 2.05) is 47.8 Å². The second-order valence-corrected chi connectivity index (χ2v) is 9.18. The maximum Gasteiger partial charge on any atom is 0.115 e. The van der Waals surface area contributed by atoms with E-state index in [1.54, 1.807) is 11.3 Å². The molecule has 0 saturated heterocycles. The van der Waals surface area contributed by atoms with E-state index in [-0.39, 0.29) is 0 Å². The lowest BCUT2D eigenvalue weighted by Crippen LogP contribution is -2.34. The largest absolute Gasteiger partial charge is 0.389 e. The Morgan fingerprint density at radius 2 is 1.89 bits per heavy atom. The molecule has 3 aromatic rings. The molecule has 1 N–H and O–H groups in total. The number of hydrogen-bond donors (Lipinski definition) is 1. The van der Waals surface area contributed by atoms with Crippen LogP contribution in [0.15, 0.2) is 58.9 Å². The Bertz CT molecular complexity index is 972. The Balaban J connectivity index is 1.75. The molecule has 0 unspecified atom stereocenters. The number of aromatic nitrogens is 1. The van der Waals surface area contributed by atoms with Crippen molar-refractivity contribution >= 4 is 23.1 Å². The number of aliphatic hydroxyl groups is 1. The number of thiophene rings is 1. The van der Waals surface area contributed by atoms with E-state index < -0.39 is 5.60 Å². The average molecular weight is 407 g/mol. The minimum atomic E-state index is -0.650. The van der Waals surface area contributed by atoms with Crippen molar-refractivity contribution in [2.45, 2.75) is 42.7 Å². The van der Waals surface area contributed by atoms with Crippen molar-refractivity contribution in [2.75, 3.05) is 5.75 Å². The van der Waals surface area contributed by atoms with Crippen LogP contribution < -0.4 is 0 Å². The van der Waals surface area contributed by atoms with E-state index in [1.165, 1.54) is 18.2 Å². The number of pyridine rings is 1. The summed E-state index contributed by atoms with van der Waals surface area (Å²) in [7, 11) is 0. The minimum absolute atomic E-state index is 0.580. The minimum Gasteiger partial charge on any atom is -0.389 e. The van der Waals surface area contributed by atoms with E-state index in [9.17, 15) is 10.4 Å². The Morgan fingerprint density at radius 3 is 2.57 bits per heavy atom. The second kappa shape index (κ2) is 8.48. The van der Waals surface area contributed by atoms with Crippen molar-refractivity contribution < 1.29 is 5.11 Å². The number of thioether (sulfide) groups is 1. The van der Waals surface area contributed by atoms with Crippen molar-refractivity contribution in [3.8, 4) is 27.8 Å². The highest BCUT2D eigenvalue weighted by molar-refractivity contribution is 7.99. The third-order valence-corrected chi connectivity index (χ3v) is 7.36. The molecular weight excluding hydrogens is 384 g/mol. The summed E-state index contributed by atoms with van der Waals surface area (Å²) in [5, 5.41) is 23.6. The molecule has 0 aliphatic heterocycles. The highest BCUT2D eigenvalue weighted by Gasteiger charge is 2.30. The quantitative estimate of drug-likeness (QED) is 0.517. The first-order valence-corrected chi connectivity index (χ1v) is 11.4. The fraction of sp³-hybridized carbons (Fsp3) is 0.304. The van der Waals surface area contributed by atoms with Gasteiger partial charge < -0.3 is 5.11 Å². The smallest absolute Gasteiger partial charge is 0.115 e. The van der Waals surface area contributed by atoms with E-state index in [0.717, 1.165) is 47.4 Å². The van der Waals surface area contributed by atoms with E-state index in [2.05, 4.69) is 12.1 Å². The lowest BCUT2D eigenvalue weighted by Gasteiger charge is -2.31. The molecule has 28 heavy (non-hydrogen) atoms. The van der Waals surface area contributed by atoms with Gasteiger partial charge in [-0.2, -0.15) is 5.26 Å². The van der Waals surface area contributed by atoms with Crippen LogP contribution in [0.1, 0.15) is 37.7 Å². The summed E-state index contributed by atoms with van der Waals surface area (Å²) < 4.78 is 0. The van der Waals surface area contributed by atoms with Gasteiger partial charge in [0.2, 0.25) is 0 Å². The van der Waals surface area contributed by atoms with Gasteiger partial charge in [0.15, 0.2) is 0 Å². The molecule has 1 saturated carbocycles. The highest BCUT2D eigenvalue weighted by atomic mass is 32.2. The van der Waals surface area contributed by atoms with Crippen molar-refractivity contribution in [3.05, 3.63) is 59.5 Å². The SMILES string of the molecule is N#Cc1c(-c2ccccc2)cc(-c2cccs2)nc1SCC1(O)CCCCC1. The molecule has 0 radical (unpaired) electrons. The molecule has 142 valence electrons. The van der Waals surface area contributed by atoms with Gasteiger partial charge in [-0.3, -0.25) is 0 Å². The Hall–Kier alpha value is -2.13. The fourth-order valence-electron chi connectivity index (χ4n) is 3.69. The standard InChI is InChI=1S/C23H22N2OS2/c24-15-19-18(17-8-3-1-4-9-17)14-20(21-10-7-13-27-21)25-22(19)28-16-23(26)11-5-2-6-12-23/h1,3-4,7-10,13-14,26H,2,5-6,11-12,16H2. The Morgan fingerprint density at radius 1 is 1.11 bits per heavy atom. The summed E-state index contributed by atoms with van der Waals surface area (Å²) in [6.45, 7) is 0. The molecule has 0 spiro atoms.